The zero-order valence-electron chi connectivity index (χ0n) is 8.19. The Morgan fingerprint density at radius 1 is 1.64 bits per heavy atom. The Morgan fingerprint density at radius 3 is 3.21 bits per heavy atom. The standard InChI is InChI=1S/C10H14N2S2/c1-8-7-12-10(14-8)11-5-4-9-3-2-6-13-9/h2-3,6,8H,4-5,7H2,1H3,(H,11,12). The first-order valence-electron chi connectivity index (χ1n) is 4.82. The topological polar surface area (TPSA) is 24.4 Å². The van der Waals surface area contributed by atoms with Gasteiger partial charge >= 0.3 is 0 Å². The third kappa shape index (κ3) is 2.75. The zero-order chi connectivity index (χ0) is 9.80. The minimum atomic E-state index is 0.652. The molecule has 0 spiro atoms. The number of hydrogen-bond donors (Lipinski definition) is 1. The lowest BCUT2D eigenvalue weighted by atomic mass is 10.3. The van der Waals surface area contributed by atoms with Crippen LogP contribution < -0.4 is 5.32 Å². The minimum absolute atomic E-state index is 0.652. The summed E-state index contributed by atoms with van der Waals surface area (Å²) in [6.45, 7) is 4.17. The summed E-state index contributed by atoms with van der Waals surface area (Å²) in [6.07, 6.45) is 1.10. The average Bonchev–Trinajstić information content (AvgIpc) is 2.77. The number of thiophene rings is 1. The molecule has 1 aromatic rings. The highest BCUT2D eigenvalue weighted by molar-refractivity contribution is 8.14. The van der Waals surface area contributed by atoms with Gasteiger partial charge in [-0.15, -0.1) is 11.3 Å². The molecular formula is C10H14N2S2. The molecule has 4 heteroatoms. The van der Waals surface area contributed by atoms with Crippen molar-refractivity contribution in [2.75, 3.05) is 13.1 Å². The zero-order valence-corrected chi connectivity index (χ0v) is 9.83. The number of amidine groups is 1. The first kappa shape index (κ1) is 10.1. The lowest BCUT2D eigenvalue weighted by Crippen LogP contribution is -2.21. The molecule has 2 heterocycles. The molecule has 0 aliphatic carbocycles. The van der Waals surface area contributed by atoms with Crippen LogP contribution in [0.25, 0.3) is 0 Å². The third-order valence-electron chi connectivity index (χ3n) is 2.03. The molecule has 0 saturated carbocycles. The Balaban J connectivity index is 1.69. The summed E-state index contributed by atoms with van der Waals surface area (Å²) in [5, 5.41) is 7.27. The summed E-state index contributed by atoms with van der Waals surface area (Å²) in [4.78, 5) is 5.85. The van der Waals surface area contributed by atoms with Crippen LogP contribution >= 0.6 is 23.1 Å². The van der Waals surface area contributed by atoms with Crippen molar-refractivity contribution in [1.29, 1.82) is 0 Å². The van der Waals surface area contributed by atoms with E-state index in [0.29, 0.717) is 5.25 Å². The van der Waals surface area contributed by atoms with E-state index >= 15 is 0 Å². The molecule has 0 amide bonds. The van der Waals surface area contributed by atoms with Gasteiger partial charge in [-0.1, -0.05) is 24.8 Å². The lowest BCUT2D eigenvalue weighted by Gasteiger charge is -2.04. The smallest absolute Gasteiger partial charge is 0.156 e. The largest absolute Gasteiger partial charge is 0.365 e. The number of rotatable bonds is 3. The molecular weight excluding hydrogens is 212 g/mol. The maximum atomic E-state index is 4.41. The molecule has 14 heavy (non-hydrogen) atoms. The van der Waals surface area contributed by atoms with Gasteiger partial charge in [-0.05, 0) is 17.9 Å². The van der Waals surface area contributed by atoms with E-state index in [1.54, 1.807) is 0 Å². The number of nitrogens with zero attached hydrogens (tertiary/aromatic N) is 1. The van der Waals surface area contributed by atoms with Crippen molar-refractivity contribution in [3.05, 3.63) is 22.4 Å². The van der Waals surface area contributed by atoms with Gasteiger partial charge in [0, 0.05) is 16.7 Å². The van der Waals surface area contributed by atoms with Gasteiger partial charge in [-0.2, -0.15) is 0 Å². The highest BCUT2D eigenvalue weighted by Gasteiger charge is 2.13. The van der Waals surface area contributed by atoms with E-state index in [1.165, 1.54) is 4.88 Å². The van der Waals surface area contributed by atoms with Crippen LogP contribution in [-0.4, -0.2) is 23.5 Å². The van der Waals surface area contributed by atoms with Crippen molar-refractivity contribution in [2.45, 2.75) is 18.6 Å². The fourth-order valence-electron chi connectivity index (χ4n) is 1.32. The molecule has 2 rings (SSSR count). The second-order valence-corrected chi connectivity index (χ2v) is 5.79. The van der Waals surface area contributed by atoms with Crippen LogP contribution in [0, 0.1) is 0 Å². The summed E-state index contributed by atoms with van der Waals surface area (Å²) < 4.78 is 0. The van der Waals surface area contributed by atoms with Crippen molar-refractivity contribution in [2.24, 2.45) is 4.99 Å². The van der Waals surface area contributed by atoms with Gasteiger partial charge in [-0.25, -0.2) is 0 Å². The van der Waals surface area contributed by atoms with Gasteiger partial charge in [0.2, 0.25) is 0 Å². The number of thioether (sulfide) groups is 1. The van der Waals surface area contributed by atoms with Gasteiger partial charge in [0.05, 0.1) is 6.54 Å². The summed E-state index contributed by atoms with van der Waals surface area (Å²) in [5.41, 5.74) is 0. The number of nitrogens with one attached hydrogen (secondary N) is 1. The summed E-state index contributed by atoms with van der Waals surface area (Å²) in [7, 11) is 0. The highest BCUT2D eigenvalue weighted by Crippen LogP contribution is 2.18. The molecule has 2 nitrogen and oxygen atoms in total. The quantitative estimate of drug-likeness (QED) is 0.855. The van der Waals surface area contributed by atoms with Crippen molar-refractivity contribution in [1.82, 2.24) is 5.32 Å². The van der Waals surface area contributed by atoms with Gasteiger partial charge in [0.25, 0.3) is 0 Å². The van der Waals surface area contributed by atoms with Gasteiger partial charge in [0.1, 0.15) is 0 Å². The predicted molar refractivity (Wildman–Crippen MR) is 65.4 cm³/mol. The van der Waals surface area contributed by atoms with Crippen molar-refractivity contribution in [3.63, 3.8) is 0 Å². The van der Waals surface area contributed by atoms with E-state index in [2.05, 4.69) is 34.7 Å². The van der Waals surface area contributed by atoms with E-state index in [1.807, 2.05) is 23.1 Å². The molecule has 1 aliphatic heterocycles. The van der Waals surface area contributed by atoms with Crippen LogP contribution in [0.15, 0.2) is 22.5 Å². The summed E-state index contributed by atoms with van der Waals surface area (Å²) in [5.74, 6) is 0. The van der Waals surface area contributed by atoms with E-state index in [-0.39, 0.29) is 0 Å². The van der Waals surface area contributed by atoms with E-state index in [4.69, 9.17) is 0 Å². The second-order valence-electron chi connectivity index (χ2n) is 3.33. The molecule has 1 aromatic heterocycles. The van der Waals surface area contributed by atoms with Crippen LogP contribution in [-0.2, 0) is 6.42 Å². The van der Waals surface area contributed by atoms with Crippen LogP contribution in [0.4, 0.5) is 0 Å². The molecule has 0 bridgehead atoms. The Kier molecular flexibility index (Phi) is 3.48. The second kappa shape index (κ2) is 4.84. The fraction of sp³-hybridized carbons (Fsp3) is 0.500. The van der Waals surface area contributed by atoms with Gasteiger partial charge < -0.3 is 5.32 Å². The summed E-state index contributed by atoms with van der Waals surface area (Å²) >= 11 is 3.66. The van der Waals surface area contributed by atoms with Gasteiger partial charge in [0.15, 0.2) is 5.17 Å². The molecule has 0 fully saturated rings. The Morgan fingerprint density at radius 2 is 2.57 bits per heavy atom. The normalized spacial score (nSPS) is 20.9. The van der Waals surface area contributed by atoms with Crippen molar-refractivity contribution < 1.29 is 0 Å². The van der Waals surface area contributed by atoms with Crippen molar-refractivity contribution in [3.8, 4) is 0 Å². The molecule has 0 aromatic carbocycles. The maximum Gasteiger partial charge on any atom is 0.156 e. The van der Waals surface area contributed by atoms with Crippen LogP contribution in [0.2, 0.25) is 0 Å². The molecule has 1 aliphatic rings. The average molecular weight is 226 g/mol. The molecule has 1 atom stereocenters. The Labute approximate surface area is 92.8 Å². The Bertz CT molecular complexity index is 306. The first-order chi connectivity index (χ1) is 6.84. The van der Waals surface area contributed by atoms with Crippen LogP contribution in [0.5, 0.6) is 0 Å². The van der Waals surface area contributed by atoms with Crippen LogP contribution in [0.1, 0.15) is 11.8 Å². The SMILES string of the molecule is CC1CN=C(NCCc2cccs2)S1. The minimum Gasteiger partial charge on any atom is -0.365 e. The molecule has 1 N–H and O–H groups in total. The highest BCUT2D eigenvalue weighted by atomic mass is 32.2. The molecule has 76 valence electrons. The summed E-state index contributed by atoms with van der Waals surface area (Å²) in [6, 6.07) is 4.28. The maximum absolute atomic E-state index is 4.41. The number of aliphatic imine (C=N–C) groups is 1. The predicted octanol–water partition coefficient (Wildman–Crippen LogP) is 2.37. The third-order valence-corrected chi connectivity index (χ3v) is 4.02. The lowest BCUT2D eigenvalue weighted by molar-refractivity contribution is 0.880. The van der Waals surface area contributed by atoms with Crippen molar-refractivity contribution >= 4 is 28.3 Å². The molecule has 1 unspecified atom stereocenters. The Hall–Kier alpha value is -0.480. The van der Waals surface area contributed by atoms with Crippen LogP contribution in [0.3, 0.4) is 0 Å². The van der Waals surface area contributed by atoms with Gasteiger partial charge in [-0.3, -0.25) is 4.99 Å². The number of hydrogen-bond acceptors (Lipinski definition) is 4. The molecule has 0 saturated heterocycles. The van der Waals surface area contributed by atoms with E-state index in [0.717, 1.165) is 24.7 Å². The van der Waals surface area contributed by atoms with E-state index in [9.17, 15) is 0 Å². The molecule has 0 radical (unpaired) electrons. The monoisotopic (exact) mass is 226 g/mol. The fourth-order valence-corrected chi connectivity index (χ4v) is 2.90. The van der Waals surface area contributed by atoms with E-state index < -0.39 is 0 Å². The first-order valence-corrected chi connectivity index (χ1v) is 6.58.